The van der Waals surface area contributed by atoms with Crippen LogP contribution in [-0.4, -0.2) is 38.0 Å². The first-order valence-electron chi connectivity index (χ1n) is 6.43. The minimum Gasteiger partial charge on any atom is -0.359 e. The molecule has 0 aliphatic carbocycles. The lowest BCUT2D eigenvalue weighted by Crippen LogP contribution is -2.36. The second kappa shape index (κ2) is 7.55. The molecule has 1 rings (SSSR count). The summed E-state index contributed by atoms with van der Waals surface area (Å²) in [7, 11) is 3.58. The van der Waals surface area contributed by atoms with Crippen molar-refractivity contribution in [3.63, 3.8) is 0 Å². The average molecular weight is 259 g/mol. The van der Waals surface area contributed by atoms with Crippen LogP contribution in [0.25, 0.3) is 0 Å². The molecule has 2 atom stereocenters. The van der Waals surface area contributed by atoms with Crippen molar-refractivity contribution < 1.29 is 4.79 Å². The molecule has 1 amide bonds. The predicted octanol–water partition coefficient (Wildman–Crippen LogP) is 1.61. The van der Waals surface area contributed by atoms with Crippen LogP contribution in [0.3, 0.4) is 0 Å². The molecule has 19 heavy (non-hydrogen) atoms. The monoisotopic (exact) mass is 259 g/mol. The van der Waals surface area contributed by atoms with Crippen LogP contribution in [0, 0.1) is 17.2 Å². The Morgan fingerprint density at radius 3 is 2.53 bits per heavy atom. The van der Waals surface area contributed by atoms with E-state index < -0.39 is 0 Å². The van der Waals surface area contributed by atoms with E-state index in [1.54, 1.807) is 7.05 Å². The molecule has 0 spiro atoms. The lowest BCUT2D eigenvalue weighted by Gasteiger charge is -2.22. The van der Waals surface area contributed by atoms with Gasteiger partial charge < -0.3 is 10.2 Å². The second-order valence-electron chi connectivity index (χ2n) is 4.83. The van der Waals surface area contributed by atoms with E-state index in [0.717, 1.165) is 5.56 Å². The molecule has 0 saturated heterocycles. The van der Waals surface area contributed by atoms with Crippen LogP contribution in [0.4, 0.5) is 0 Å². The highest BCUT2D eigenvalue weighted by Gasteiger charge is 2.17. The van der Waals surface area contributed by atoms with E-state index in [1.807, 2.05) is 49.2 Å². The summed E-state index contributed by atoms with van der Waals surface area (Å²) in [5.74, 6) is -0.215. The number of hydrogen-bond donors (Lipinski definition) is 1. The van der Waals surface area contributed by atoms with Crippen LogP contribution in [0.5, 0.6) is 0 Å². The van der Waals surface area contributed by atoms with E-state index in [1.165, 1.54) is 0 Å². The van der Waals surface area contributed by atoms with Crippen LogP contribution >= 0.6 is 0 Å². The zero-order valence-corrected chi connectivity index (χ0v) is 11.8. The standard InChI is InChI=1S/C15H21N3O/c1-12(15(19)17-2)10-18(3)11-14(9-16)13-7-5-4-6-8-13/h4-8,12,14H,10-11H2,1-3H3,(H,17,19). The Bertz CT molecular complexity index is 438. The first kappa shape index (κ1) is 15.2. The molecule has 4 heteroatoms. The first-order valence-corrected chi connectivity index (χ1v) is 6.43. The zero-order chi connectivity index (χ0) is 14.3. The zero-order valence-electron chi connectivity index (χ0n) is 11.8. The Kier molecular flexibility index (Phi) is 6.04. The average Bonchev–Trinajstić information content (AvgIpc) is 2.44. The molecule has 102 valence electrons. The molecule has 4 nitrogen and oxygen atoms in total. The molecule has 0 aliphatic heterocycles. The van der Waals surface area contributed by atoms with Gasteiger partial charge in [-0.1, -0.05) is 37.3 Å². The van der Waals surface area contributed by atoms with Crippen LogP contribution in [0.2, 0.25) is 0 Å². The van der Waals surface area contributed by atoms with E-state index in [9.17, 15) is 10.1 Å². The van der Waals surface area contributed by atoms with Crippen molar-refractivity contribution in [3.8, 4) is 6.07 Å². The van der Waals surface area contributed by atoms with Crippen LogP contribution in [-0.2, 0) is 4.79 Å². The number of hydrogen-bond acceptors (Lipinski definition) is 3. The summed E-state index contributed by atoms with van der Waals surface area (Å²) < 4.78 is 0. The molecule has 2 unspecified atom stereocenters. The van der Waals surface area contributed by atoms with Crippen molar-refractivity contribution in [1.29, 1.82) is 5.26 Å². The Balaban J connectivity index is 2.58. The third-order valence-electron chi connectivity index (χ3n) is 3.13. The number of amides is 1. The molecular weight excluding hydrogens is 238 g/mol. The number of rotatable bonds is 6. The van der Waals surface area contributed by atoms with Gasteiger partial charge in [0.15, 0.2) is 0 Å². The molecule has 0 radical (unpaired) electrons. The van der Waals surface area contributed by atoms with Gasteiger partial charge in [0.1, 0.15) is 0 Å². The Morgan fingerprint density at radius 2 is 2.00 bits per heavy atom. The number of carbonyl (C=O) groups is 1. The molecule has 0 fully saturated rings. The van der Waals surface area contributed by atoms with E-state index in [4.69, 9.17) is 0 Å². The van der Waals surface area contributed by atoms with Gasteiger partial charge in [-0.25, -0.2) is 0 Å². The highest BCUT2D eigenvalue weighted by atomic mass is 16.1. The normalized spacial score (nSPS) is 13.6. The van der Waals surface area contributed by atoms with Gasteiger partial charge in [0.25, 0.3) is 0 Å². The van der Waals surface area contributed by atoms with Crippen LogP contribution in [0.15, 0.2) is 30.3 Å². The molecule has 0 aliphatic rings. The van der Waals surface area contributed by atoms with Gasteiger partial charge in [-0.3, -0.25) is 4.79 Å². The van der Waals surface area contributed by atoms with Crippen LogP contribution in [0.1, 0.15) is 18.4 Å². The number of nitriles is 1. The maximum Gasteiger partial charge on any atom is 0.223 e. The lowest BCUT2D eigenvalue weighted by molar-refractivity contribution is -0.124. The van der Waals surface area contributed by atoms with Crippen molar-refractivity contribution >= 4 is 5.91 Å². The predicted molar refractivity (Wildman–Crippen MR) is 75.5 cm³/mol. The summed E-state index contributed by atoms with van der Waals surface area (Å²) in [6, 6.07) is 12.1. The van der Waals surface area contributed by atoms with Gasteiger partial charge in [-0.15, -0.1) is 0 Å². The summed E-state index contributed by atoms with van der Waals surface area (Å²) >= 11 is 0. The quantitative estimate of drug-likeness (QED) is 0.844. The van der Waals surface area contributed by atoms with Gasteiger partial charge in [-0.2, -0.15) is 5.26 Å². The lowest BCUT2D eigenvalue weighted by atomic mass is 10.00. The number of likely N-dealkylation sites (N-methyl/N-ethyl adjacent to an activating group) is 1. The minimum atomic E-state index is -0.164. The van der Waals surface area contributed by atoms with Crippen molar-refractivity contribution in [2.75, 3.05) is 27.2 Å². The first-order chi connectivity index (χ1) is 9.08. The maximum absolute atomic E-state index is 11.5. The van der Waals surface area contributed by atoms with Gasteiger partial charge in [0.05, 0.1) is 12.0 Å². The molecule has 0 aromatic heterocycles. The largest absolute Gasteiger partial charge is 0.359 e. The summed E-state index contributed by atoms with van der Waals surface area (Å²) in [4.78, 5) is 13.5. The summed E-state index contributed by atoms with van der Waals surface area (Å²) in [6.45, 7) is 3.16. The summed E-state index contributed by atoms with van der Waals surface area (Å²) in [5.41, 5.74) is 1.02. The van der Waals surface area contributed by atoms with E-state index in [-0.39, 0.29) is 17.7 Å². The van der Waals surface area contributed by atoms with Crippen molar-refractivity contribution in [3.05, 3.63) is 35.9 Å². The molecule has 1 aromatic rings. The Hall–Kier alpha value is -1.86. The molecule has 1 N–H and O–H groups in total. The minimum absolute atomic E-state index is 0.0278. The molecule has 1 aromatic carbocycles. The molecule has 0 heterocycles. The second-order valence-corrected chi connectivity index (χ2v) is 4.83. The molecule has 0 bridgehead atoms. The summed E-state index contributed by atoms with van der Waals surface area (Å²) in [5, 5.41) is 11.9. The SMILES string of the molecule is CNC(=O)C(C)CN(C)CC(C#N)c1ccccc1. The van der Waals surface area contributed by atoms with Gasteiger partial charge in [0, 0.05) is 26.1 Å². The highest BCUT2D eigenvalue weighted by Crippen LogP contribution is 2.16. The maximum atomic E-state index is 11.5. The smallest absolute Gasteiger partial charge is 0.223 e. The number of carbonyl (C=O) groups excluding carboxylic acids is 1. The molecule has 0 saturated carbocycles. The van der Waals surface area contributed by atoms with Gasteiger partial charge >= 0.3 is 0 Å². The Morgan fingerprint density at radius 1 is 1.37 bits per heavy atom. The van der Waals surface area contributed by atoms with E-state index in [0.29, 0.717) is 13.1 Å². The third kappa shape index (κ3) is 4.72. The van der Waals surface area contributed by atoms with Gasteiger partial charge in [0.2, 0.25) is 5.91 Å². The van der Waals surface area contributed by atoms with Crippen molar-refractivity contribution in [1.82, 2.24) is 10.2 Å². The third-order valence-corrected chi connectivity index (χ3v) is 3.13. The number of benzene rings is 1. The number of nitrogens with zero attached hydrogens (tertiary/aromatic N) is 2. The summed E-state index contributed by atoms with van der Waals surface area (Å²) in [6.07, 6.45) is 0. The van der Waals surface area contributed by atoms with Crippen molar-refractivity contribution in [2.45, 2.75) is 12.8 Å². The number of nitrogens with one attached hydrogen (secondary N) is 1. The van der Waals surface area contributed by atoms with Crippen LogP contribution < -0.4 is 5.32 Å². The van der Waals surface area contributed by atoms with E-state index in [2.05, 4.69) is 11.4 Å². The highest BCUT2D eigenvalue weighted by molar-refractivity contribution is 5.78. The molecular formula is C15H21N3O. The fourth-order valence-electron chi connectivity index (χ4n) is 2.09. The fourth-order valence-corrected chi connectivity index (χ4v) is 2.09. The topological polar surface area (TPSA) is 56.1 Å². The van der Waals surface area contributed by atoms with Crippen molar-refractivity contribution in [2.24, 2.45) is 5.92 Å². The Labute approximate surface area is 115 Å². The van der Waals surface area contributed by atoms with E-state index >= 15 is 0 Å². The fraction of sp³-hybridized carbons (Fsp3) is 0.467. The van der Waals surface area contributed by atoms with Gasteiger partial charge in [-0.05, 0) is 12.6 Å².